The summed E-state index contributed by atoms with van der Waals surface area (Å²) in [5.74, 6) is 0.198. The molecule has 0 atom stereocenters. The summed E-state index contributed by atoms with van der Waals surface area (Å²) in [5, 5.41) is 3.49. The third-order valence-electron chi connectivity index (χ3n) is 3.30. The first kappa shape index (κ1) is 12.4. The Labute approximate surface area is 117 Å². The maximum atomic E-state index is 10.9. The molecular formula is C18H15NO. The van der Waals surface area contributed by atoms with Gasteiger partial charge in [-0.3, -0.25) is 4.79 Å². The maximum absolute atomic E-state index is 10.9. The topological polar surface area (TPSA) is 32.9 Å². The molecule has 0 spiro atoms. The molecule has 1 heterocycles. The summed E-state index contributed by atoms with van der Waals surface area (Å²) in [7, 11) is 0. The van der Waals surface area contributed by atoms with Gasteiger partial charge in [-0.05, 0) is 34.0 Å². The minimum atomic E-state index is 0.198. The molecule has 3 aromatic rings. The molecule has 20 heavy (non-hydrogen) atoms. The van der Waals surface area contributed by atoms with Gasteiger partial charge < -0.3 is 4.98 Å². The number of H-pyrrole nitrogens is 1. The minimum Gasteiger partial charge on any atom is -0.361 e. The third-order valence-corrected chi connectivity index (χ3v) is 3.30. The van der Waals surface area contributed by atoms with Crippen molar-refractivity contribution < 1.29 is 4.79 Å². The molecule has 0 fully saturated rings. The second-order valence-electron chi connectivity index (χ2n) is 4.71. The summed E-state index contributed by atoms with van der Waals surface area (Å²) < 4.78 is 0. The van der Waals surface area contributed by atoms with E-state index in [1.165, 1.54) is 16.1 Å². The van der Waals surface area contributed by atoms with Crippen molar-refractivity contribution in [1.82, 2.24) is 4.98 Å². The molecule has 0 bridgehead atoms. The van der Waals surface area contributed by atoms with Crippen LogP contribution in [0.3, 0.4) is 0 Å². The number of nitrogens with one attached hydrogen (secondary N) is 1. The number of benzene rings is 2. The van der Waals surface area contributed by atoms with Crippen molar-refractivity contribution >= 4 is 28.8 Å². The first-order valence-corrected chi connectivity index (χ1v) is 6.65. The SMILES string of the molecule is O=C1C=c2ccccc2=CC1.c1ccc2[nH]ccc2c1. The van der Waals surface area contributed by atoms with E-state index in [9.17, 15) is 4.79 Å². The molecule has 2 aromatic carbocycles. The summed E-state index contributed by atoms with van der Waals surface area (Å²) in [6.45, 7) is 0. The van der Waals surface area contributed by atoms with Crippen molar-refractivity contribution in [2.24, 2.45) is 0 Å². The van der Waals surface area contributed by atoms with Gasteiger partial charge in [-0.25, -0.2) is 0 Å². The molecule has 0 saturated carbocycles. The molecule has 1 aliphatic carbocycles. The number of aromatic amines is 1. The van der Waals surface area contributed by atoms with E-state index in [2.05, 4.69) is 23.2 Å². The molecule has 2 heteroatoms. The molecule has 0 saturated heterocycles. The van der Waals surface area contributed by atoms with Crippen LogP contribution < -0.4 is 10.4 Å². The van der Waals surface area contributed by atoms with Crippen LogP contribution in [0.5, 0.6) is 0 Å². The van der Waals surface area contributed by atoms with E-state index in [-0.39, 0.29) is 5.78 Å². The van der Waals surface area contributed by atoms with Crippen LogP contribution in [0.1, 0.15) is 6.42 Å². The molecule has 1 N–H and O–H groups in total. The number of ketones is 1. The van der Waals surface area contributed by atoms with Crippen molar-refractivity contribution in [2.75, 3.05) is 0 Å². The van der Waals surface area contributed by atoms with Crippen molar-refractivity contribution in [1.29, 1.82) is 0 Å². The summed E-state index contributed by atoms with van der Waals surface area (Å²) in [4.78, 5) is 14.1. The lowest BCUT2D eigenvalue weighted by molar-refractivity contribution is -0.112. The second-order valence-corrected chi connectivity index (χ2v) is 4.71. The highest BCUT2D eigenvalue weighted by Gasteiger charge is 1.98. The van der Waals surface area contributed by atoms with Gasteiger partial charge in [-0.15, -0.1) is 0 Å². The number of fused-ring (bicyclic) bond motifs is 2. The van der Waals surface area contributed by atoms with E-state index < -0.39 is 0 Å². The minimum absolute atomic E-state index is 0.198. The molecular weight excluding hydrogens is 246 g/mol. The van der Waals surface area contributed by atoms with Crippen LogP contribution in [0.4, 0.5) is 0 Å². The predicted octanol–water partition coefficient (Wildman–Crippen LogP) is 2.39. The molecule has 0 radical (unpaired) electrons. The molecule has 1 aliphatic rings. The fourth-order valence-corrected chi connectivity index (χ4v) is 2.27. The van der Waals surface area contributed by atoms with Gasteiger partial charge >= 0.3 is 0 Å². The lowest BCUT2D eigenvalue weighted by Gasteiger charge is -1.96. The van der Waals surface area contributed by atoms with E-state index in [4.69, 9.17) is 0 Å². The average Bonchev–Trinajstić information content (AvgIpc) is 2.96. The Kier molecular flexibility index (Phi) is 3.46. The highest BCUT2D eigenvalue weighted by Crippen LogP contribution is 2.09. The van der Waals surface area contributed by atoms with Crippen LogP contribution in [0.15, 0.2) is 60.8 Å². The number of Topliss-reactive ketones (excluding diaryl/α,β-unsaturated/α-hetero) is 1. The molecule has 0 unspecified atom stereocenters. The summed E-state index contributed by atoms with van der Waals surface area (Å²) in [6, 6.07) is 18.2. The maximum Gasteiger partial charge on any atom is 0.160 e. The standard InChI is InChI=1S/C10H8O.C8H7N/c11-10-6-5-8-3-1-2-4-9(8)7-10;1-2-4-8-7(3-1)5-6-9-8/h1-5,7H,6H2;1-6,9H. The number of carbonyl (C=O) groups is 1. The number of carbonyl (C=O) groups excluding carboxylic acids is 1. The first-order valence-electron chi connectivity index (χ1n) is 6.65. The molecule has 4 rings (SSSR count). The van der Waals surface area contributed by atoms with Crippen LogP contribution in [0.2, 0.25) is 0 Å². The van der Waals surface area contributed by atoms with Gasteiger partial charge in [0.15, 0.2) is 5.78 Å². The highest BCUT2D eigenvalue weighted by atomic mass is 16.1. The van der Waals surface area contributed by atoms with Crippen LogP contribution in [0, 0.1) is 0 Å². The monoisotopic (exact) mass is 261 g/mol. The van der Waals surface area contributed by atoms with Gasteiger partial charge in [0.05, 0.1) is 0 Å². The molecule has 0 amide bonds. The molecule has 98 valence electrons. The molecule has 0 aliphatic heterocycles. The quantitative estimate of drug-likeness (QED) is 0.662. The number of hydrogen-bond donors (Lipinski definition) is 1. The Hall–Kier alpha value is -2.61. The lowest BCUT2D eigenvalue weighted by atomic mass is 10.1. The average molecular weight is 261 g/mol. The van der Waals surface area contributed by atoms with Gasteiger partial charge in [0.25, 0.3) is 0 Å². The van der Waals surface area contributed by atoms with Gasteiger partial charge in [0.2, 0.25) is 0 Å². The highest BCUT2D eigenvalue weighted by molar-refractivity contribution is 6.09. The number of rotatable bonds is 0. The van der Waals surface area contributed by atoms with Gasteiger partial charge in [0, 0.05) is 18.1 Å². The summed E-state index contributed by atoms with van der Waals surface area (Å²) in [5.41, 5.74) is 1.21. The van der Waals surface area contributed by atoms with Gasteiger partial charge in [-0.2, -0.15) is 0 Å². The number of hydrogen-bond acceptors (Lipinski definition) is 1. The van der Waals surface area contributed by atoms with Crippen LogP contribution >= 0.6 is 0 Å². The van der Waals surface area contributed by atoms with Crippen molar-refractivity contribution in [3.63, 3.8) is 0 Å². The Balaban J connectivity index is 0.000000123. The fraction of sp³-hybridized carbons (Fsp3) is 0.0556. The smallest absolute Gasteiger partial charge is 0.160 e. The van der Waals surface area contributed by atoms with E-state index in [1.807, 2.05) is 48.7 Å². The Morgan fingerprint density at radius 3 is 2.45 bits per heavy atom. The Morgan fingerprint density at radius 1 is 0.850 bits per heavy atom. The van der Waals surface area contributed by atoms with Crippen LogP contribution in [-0.4, -0.2) is 10.8 Å². The van der Waals surface area contributed by atoms with E-state index >= 15 is 0 Å². The van der Waals surface area contributed by atoms with E-state index in [0.717, 1.165) is 5.22 Å². The molecule has 2 nitrogen and oxygen atoms in total. The fourth-order valence-electron chi connectivity index (χ4n) is 2.27. The summed E-state index contributed by atoms with van der Waals surface area (Å²) in [6.07, 6.45) is 6.18. The summed E-state index contributed by atoms with van der Waals surface area (Å²) >= 11 is 0. The number of aromatic nitrogens is 1. The lowest BCUT2D eigenvalue weighted by Crippen LogP contribution is -2.28. The zero-order chi connectivity index (χ0) is 13.8. The first-order chi connectivity index (χ1) is 9.83. The zero-order valence-electron chi connectivity index (χ0n) is 11.0. The molecule has 1 aromatic heterocycles. The Bertz CT molecular complexity index is 828. The van der Waals surface area contributed by atoms with Crippen molar-refractivity contribution in [2.45, 2.75) is 6.42 Å². The normalized spacial score (nSPS) is 12.7. The van der Waals surface area contributed by atoms with Gasteiger partial charge in [-0.1, -0.05) is 48.5 Å². The predicted molar refractivity (Wildman–Crippen MR) is 82.5 cm³/mol. The number of para-hydroxylation sites is 1. The second kappa shape index (κ2) is 5.57. The van der Waals surface area contributed by atoms with Crippen LogP contribution in [-0.2, 0) is 4.79 Å². The van der Waals surface area contributed by atoms with E-state index in [0.29, 0.717) is 6.42 Å². The largest absolute Gasteiger partial charge is 0.361 e. The van der Waals surface area contributed by atoms with Crippen molar-refractivity contribution in [3.8, 4) is 0 Å². The Morgan fingerprint density at radius 2 is 1.60 bits per heavy atom. The van der Waals surface area contributed by atoms with E-state index in [1.54, 1.807) is 6.08 Å². The van der Waals surface area contributed by atoms with Crippen LogP contribution in [0.25, 0.3) is 23.1 Å². The third kappa shape index (κ3) is 2.69. The van der Waals surface area contributed by atoms with Crippen molar-refractivity contribution in [3.05, 3.63) is 71.2 Å². The van der Waals surface area contributed by atoms with Gasteiger partial charge in [0.1, 0.15) is 0 Å². The zero-order valence-corrected chi connectivity index (χ0v) is 11.0.